The molecular weight excluding hydrogens is 618 g/mol. The summed E-state index contributed by atoms with van der Waals surface area (Å²) in [5.74, 6) is -0.350. The van der Waals surface area contributed by atoms with Crippen molar-refractivity contribution in [3.8, 4) is 28.9 Å². The smallest absolute Gasteiger partial charge is 0.319 e. The number of aromatic hydroxyl groups is 1. The van der Waals surface area contributed by atoms with Crippen LogP contribution in [0, 0.1) is 17.0 Å². The molecule has 2 aromatic heterocycles. The molecule has 5 atom stereocenters. The first-order valence-electron chi connectivity index (χ1n) is 17.4. The number of likely N-dealkylation sites (tertiary alicyclic amines) is 1. The third kappa shape index (κ3) is 4.48. The molecule has 5 aliphatic heterocycles. The van der Waals surface area contributed by atoms with Gasteiger partial charge < -0.3 is 29.5 Å². The lowest BCUT2D eigenvalue weighted by Crippen LogP contribution is -2.60. The molecule has 6 aliphatic rings. The average Bonchev–Trinajstić information content (AvgIpc) is 3.35. The van der Waals surface area contributed by atoms with E-state index in [1.165, 1.54) is 12.1 Å². The minimum Gasteiger partial charge on any atom is -0.508 e. The number of morpholine rings is 1. The quantitative estimate of drug-likeness (QED) is 0.290. The third-order valence-corrected chi connectivity index (χ3v) is 11.7. The van der Waals surface area contributed by atoms with Gasteiger partial charge in [-0.25, -0.2) is 13.8 Å². The normalized spacial score (nSPS) is 28.1. The Labute approximate surface area is 276 Å². The zero-order chi connectivity index (χ0) is 32.3. The molecular formula is C36H38F2N6O4. The van der Waals surface area contributed by atoms with E-state index in [-0.39, 0.29) is 51.9 Å². The van der Waals surface area contributed by atoms with Crippen LogP contribution in [0.5, 0.6) is 17.6 Å². The number of hydrogen-bond donors (Lipinski definition) is 2. The molecule has 2 N–H and O–H groups in total. The molecule has 1 aliphatic carbocycles. The highest BCUT2D eigenvalue weighted by Crippen LogP contribution is 2.49. The fourth-order valence-electron chi connectivity index (χ4n) is 9.04. The molecule has 4 saturated heterocycles. The SMILES string of the molecule is CCc1c(F)ccc2cc(O)cc(-c3nc4c5c(nc(OCC6(CN7C[C@H]8C[C@@H]7CO8)CC6)nc5c3F)N3C[C@@H]5CC[C@@H](N5)[C@H]3CO4)c12. The number of pyridine rings is 1. The van der Waals surface area contributed by atoms with Crippen molar-refractivity contribution < 1.29 is 28.1 Å². The number of phenols is 1. The number of ether oxygens (including phenoxy) is 3. The zero-order valence-corrected chi connectivity index (χ0v) is 26.8. The molecule has 12 heteroatoms. The summed E-state index contributed by atoms with van der Waals surface area (Å²) in [5.41, 5.74) is 0.719. The minimum absolute atomic E-state index is 0.0188. The van der Waals surface area contributed by atoms with Crippen molar-refractivity contribution in [2.75, 3.05) is 44.4 Å². The van der Waals surface area contributed by atoms with E-state index >= 15 is 8.78 Å². The lowest BCUT2D eigenvalue weighted by atomic mass is 9.94. The summed E-state index contributed by atoms with van der Waals surface area (Å²) in [6.45, 7) is 6.06. The number of phenolic OH excluding ortho intramolecular Hbond substituents is 1. The van der Waals surface area contributed by atoms with Crippen LogP contribution in [0.2, 0.25) is 0 Å². The topological polar surface area (TPSA) is 105 Å². The Kier molecular flexibility index (Phi) is 6.40. The van der Waals surface area contributed by atoms with Crippen molar-refractivity contribution in [3.63, 3.8) is 0 Å². The summed E-state index contributed by atoms with van der Waals surface area (Å²) in [6.07, 6.45) is 6.01. The van der Waals surface area contributed by atoms with E-state index in [9.17, 15) is 5.11 Å². The number of piperazine rings is 1. The highest BCUT2D eigenvalue weighted by molar-refractivity contribution is 6.03. The van der Waals surface area contributed by atoms with E-state index in [0.717, 1.165) is 51.8 Å². The summed E-state index contributed by atoms with van der Waals surface area (Å²) in [7, 11) is 0. The molecule has 250 valence electrons. The number of fused-ring (bicyclic) bond motifs is 8. The number of benzene rings is 2. The van der Waals surface area contributed by atoms with Gasteiger partial charge >= 0.3 is 6.01 Å². The van der Waals surface area contributed by atoms with Crippen molar-refractivity contribution in [2.45, 2.75) is 75.7 Å². The molecule has 10 nitrogen and oxygen atoms in total. The van der Waals surface area contributed by atoms with Crippen LogP contribution in [0.1, 0.15) is 44.6 Å². The van der Waals surface area contributed by atoms with Gasteiger partial charge in [-0.1, -0.05) is 13.0 Å². The summed E-state index contributed by atoms with van der Waals surface area (Å²) in [6, 6.07) is 7.06. The number of hydrogen-bond acceptors (Lipinski definition) is 10. The molecule has 48 heavy (non-hydrogen) atoms. The molecule has 1 saturated carbocycles. The molecule has 0 radical (unpaired) electrons. The Balaban J connectivity index is 1.11. The number of aromatic nitrogens is 3. The number of aryl methyl sites for hydroxylation is 1. The number of rotatable bonds is 7. The Morgan fingerprint density at radius 2 is 1.98 bits per heavy atom. The molecule has 0 amide bonds. The second kappa shape index (κ2) is 10.6. The average molecular weight is 657 g/mol. The van der Waals surface area contributed by atoms with Crippen LogP contribution in [0.25, 0.3) is 32.9 Å². The van der Waals surface area contributed by atoms with Gasteiger partial charge in [0.15, 0.2) is 5.82 Å². The van der Waals surface area contributed by atoms with Crippen molar-refractivity contribution in [1.29, 1.82) is 0 Å². The molecule has 0 spiro atoms. The second-order valence-electron chi connectivity index (χ2n) is 14.7. The van der Waals surface area contributed by atoms with Crippen LogP contribution >= 0.6 is 0 Å². The van der Waals surface area contributed by atoms with E-state index in [1.807, 2.05) is 6.92 Å². The summed E-state index contributed by atoms with van der Waals surface area (Å²) in [5, 5.41) is 15.9. The van der Waals surface area contributed by atoms with E-state index in [0.29, 0.717) is 71.9 Å². The summed E-state index contributed by atoms with van der Waals surface area (Å²) >= 11 is 0. The van der Waals surface area contributed by atoms with Crippen molar-refractivity contribution in [1.82, 2.24) is 25.2 Å². The van der Waals surface area contributed by atoms with Gasteiger partial charge in [0.25, 0.3) is 0 Å². The molecule has 2 aromatic carbocycles. The van der Waals surface area contributed by atoms with Crippen molar-refractivity contribution in [3.05, 3.63) is 41.5 Å². The lowest BCUT2D eigenvalue weighted by molar-refractivity contribution is 0.0176. The maximum Gasteiger partial charge on any atom is 0.319 e. The van der Waals surface area contributed by atoms with Gasteiger partial charge in [-0.05, 0) is 73.1 Å². The van der Waals surface area contributed by atoms with Gasteiger partial charge in [0.2, 0.25) is 5.88 Å². The van der Waals surface area contributed by atoms with Gasteiger partial charge in [0.1, 0.15) is 40.6 Å². The van der Waals surface area contributed by atoms with Crippen LogP contribution in [0.15, 0.2) is 24.3 Å². The first kappa shape index (κ1) is 29.1. The van der Waals surface area contributed by atoms with Crippen LogP contribution in [0.3, 0.4) is 0 Å². The number of nitrogens with zero attached hydrogens (tertiary/aromatic N) is 5. The van der Waals surface area contributed by atoms with Crippen molar-refractivity contribution >= 4 is 27.5 Å². The van der Waals surface area contributed by atoms with Crippen molar-refractivity contribution in [2.24, 2.45) is 5.41 Å². The molecule has 7 heterocycles. The number of anilines is 1. The van der Waals surface area contributed by atoms with Crippen LogP contribution in [-0.2, 0) is 11.2 Å². The van der Waals surface area contributed by atoms with Gasteiger partial charge in [0.05, 0.1) is 25.4 Å². The number of halogens is 2. The van der Waals surface area contributed by atoms with Gasteiger partial charge in [-0.15, -0.1) is 0 Å². The van der Waals surface area contributed by atoms with Gasteiger partial charge in [-0.3, -0.25) is 4.90 Å². The largest absolute Gasteiger partial charge is 0.508 e. The van der Waals surface area contributed by atoms with E-state index in [4.69, 9.17) is 29.2 Å². The fraction of sp³-hybridized carbons (Fsp3) is 0.528. The predicted octanol–water partition coefficient (Wildman–Crippen LogP) is 4.72. The summed E-state index contributed by atoms with van der Waals surface area (Å²) < 4.78 is 50.9. The first-order valence-corrected chi connectivity index (χ1v) is 17.4. The molecule has 0 unspecified atom stereocenters. The molecule has 5 fully saturated rings. The minimum atomic E-state index is -0.685. The molecule has 4 aromatic rings. The monoisotopic (exact) mass is 656 g/mol. The lowest BCUT2D eigenvalue weighted by Gasteiger charge is -2.40. The zero-order valence-electron chi connectivity index (χ0n) is 26.8. The third-order valence-electron chi connectivity index (χ3n) is 11.7. The molecule has 10 rings (SSSR count). The van der Waals surface area contributed by atoms with Gasteiger partial charge in [0, 0.05) is 48.7 Å². The first-order chi connectivity index (χ1) is 23.4. The van der Waals surface area contributed by atoms with Gasteiger partial charge in [-0.2, -0.15) is 9.97 Å². The van der Waals surface area contributed by atoms with E-state index in [1.54, 1.807) is 12.1 Å². The van der Waals surface area contributed by atoms with Crippen LogP contribution in [0.4, 0.5) is 14.6 Å². The maximum atomic E-state index is 17.1. The Bertz CT molecular complexity index is 1990. The Morgan fingerprint density at radius 1 is 1.08 bits per heavy atom. The summed E-state index contributed by atoms with van der Waals surface area (Å²) in [4.78, 5) is 19.2. The maximum absolute atomic E-state index is 17.1. The van der Waals surface area contributed by atoms with E-state index < -0.39 is 11.6 Å². The van der Waals surface area contributed by atoms with E-state index in [2.05, 4.69) is 15.1 Å². The highest BCUT2D eigenvalue weighted by atomic mass is 19.1. The Hall–Kier alpha value is -3.87. The Morgan fingerprint density at radius 3 is 2.77 bits per heavy atom. The number of nitrogens with one attached hydrogen (secondary N) is 1. The standard InChI is InChI=1S/C36H38F2N6O4/c1-2-23-25(37)5-3-18-9-21(45)11-24(28(18)23)31-30(38)32-29-33(44-12-19-4-6-26(39-19)27(44)15-47-34(29)40-31)42-35(41-32)48-17-36(7-8-36)16-43-13-22-10-20(43)14-46-22/h3,5,9,11,19-20,22,26-27,39,45H,2,4,6-8,10,12-17H2,1H3/t19-,20+,22+,26+,27+/m0/s1. The second-order valence-corrected chi connectivity index (χ2v) is 14.7. The fourth-order valence-corrected chi connectivity index (χ4v) is 9.04. The van der Waals surface area contributed by atoms with Crippen LogP contribution < -0.4 is 19.7 Å². The van der Waals surface area contributed by atoms with Crippen LogP contribution in [-0.4, -0.2) is 94.7 Å². The highest BCUT2D eigenvalue weighted by Gasteiger charge is 2.50. The predicted molar refractivity (Wildman–Crippen MR) is 175 cm³/mol. The molecule has 4 bridgehead atoms.